The number of hydrogen-bond acceptors (Lipinski definition) is 6. The average Bonchev–Trinajstić information content (AvgIpc) is 3.39. The number of fused-ring (bicyclic) bond motifs is 1. The van der Waals surface area contributed by atoms with Gasteiger partial charge in [0.25, 0.3) is 5.95 Å². The third-order valence-electron chi connectivity index (χ3n) is 6.63. The molecule has 0 N–H and O–H groups in total. The van der Waals surface area contributed by atoms with Crippen LogP contribution in [0.2, 0.25) is 0 Å². The Morgan fingerprint density at radius 1 is 0.892 bits per heavy atom. The molecule has 37 heavy (non-hydrogen) atoms. The number of halogens is 1. The number of nitrogens with zero attached hydrogens (tertiary/aromatic N) is 6. The van der Waals surface area contributed by atoms with Crippen molar-refractivity contribution in [2.45, 2.75) is 23.7 Å². The molecule has 0 radical (unpaired) electrons. The van der Waals surface area contributed by atoms with E-state index in [0.29, 0.717) is 30.1 Å². The molecule has 0 bridgehead atoms. The van der Waals surface area contributed by atoms with Crippen molar-refractivity contribution in [2.75, 3.05) is 13.1 Å². The molecule has 3 aromatic heterocycles. The molecule has 0 spiro atoms. The molecule has 6 rings (SSSR count). The lowest BCUT2D eigenvalue weighted by molar-refractivity contribution is 0.310. The number of aromatic nitrogens is 5. The van der Waals surface area contributed by atoms with Crippen molar-refractivity contribution < 1.29 is 12.8 Å². The van der Waals surface area contributed by atoms with Crippen LogP contribution in [-0.4, -0.2) is 50.5 Å². The van der Waals surface area contributed by atoms with Gasteiger partial charge in [0.2, 0.25) is 10.0 Å². The highest BCUT2D eigenvalue weighted by molar-refractivity contribution is 7.89. The Kier molecular flexibility index (Phi) is 5.97. The van der Waals surface area contributed by atoms with E-state index in [1.807, 2.05) is 18.2 Å². The van der Waals surface area contributed by atoms with Crippen molar-refractivity contribution in [1.29, 1.82) is 0 Å². The van der Waals surface area contributed by atoms with E-state index >= 15 is 0 Å². The highest BCUT2D eigenvalue weighted by Crippen LogP contribution is 2.34. The fourth-order valence-corrected chi connectivity index (χ4v) is 6.52. The SMILES string of the molecule is O=S(=O)(c1cccc2cccnc12)N1CCCC(c2cc(-c3ccc(F)cc3)nn2-c2ncccn2)C1. The van der Waals surface area contributed by atoms with E-state index in [0.717, 1.165) is 23.1 Å². The van der Waals surface area contributed by atoms with Crippen molar-refractivity contribution in [1.82, 2.24) is 29.0 Å². The second-order valence-electron chi connectivity index (χ2n) is 8.96. The average molecular weight is 515 g/mol. The van der Waals surface area contributed by atoms with Gasteiger partial charge in [-0.05, 0) is 61.4 Å². The Labute approximate surface area is 213 Å². The second kappa shape index (κ2) is 9.45. The normalized spacial score (nSPS) is 16.7. The minimum Gasteiger partial charge on any atom is -0.255 e. The zero-order valence-corrected chi connectivity index (χ0v) is 20.6. The highest BCUT2D eigenvalue weighted by atomic mass is 32.2. The maximum Gasteiger partial charge on any atom is 0.250 e. The summed E-state index contributed by atoms with van der Waals surface area (Å²) < 4.78 is 44.3. The number of rotatable bonds is 5. The van der Waals surface area contributed by atoms with Crippen LogP contribution in [0.25, 0.3) is 28.1 Å². The molecule has 0 aliphatic carbocycles. The molecular formula is C27H23FN6O2S. The third-order valence-corrected chi connectivity index (χ3v) is 8.53. The summed E-state index contributed by atoms with van der Waals surface area (Å²) in [6.45, 7) is 0.704. The lowest BCUT2D eigenvalue weighted by Gasteiger charge is -2.32. The molecule has 186 valence electrons. The number of hydrogen-bond donors (Lipinski definition) is 0. The van der Waals surface area contributed by atoms with Gasteiger partial charge < -0.3 is 0 Å². The quantitative estimate of drug-likeness (QED) is 0.341. The van der Waals surface area contributed by atoms with Gasteiger partial charge in [-0.2, -0.15) is 9.40 Å². The summed E-state index contributed by atoms with van der Waals surface area (Å²) >= 11 is 0. The highest BCUT2D eigenvalue weighted by Gasteiger charge is 2.34. The Morgan fingerprint density at radius 2 is 1.65 bits per heavy atom. The molecular weight excluding hydrogens is 491 g/mol. The van der Waals surface area contributed by atoms with Gasteiger partial charge in [-0.15, -0.1) is 0 Å². The summed E-state index contributed by atoms with van der Waals surface area (Å²) in [5.74, 6) is -0.0769. The number of pyridine rings is 1. The van der Waals surface area contributed by atoms with Crippen LogP contribution < -0.4 is 0 Å². The number of sulfonamides is 1. The van der Waals surface area contributed by atoms with Crippen LogP contribution in [0.3, 0.4) is 0 Å². The first-order valence-corrected chi connectivity index (χ1v) is 13.4. The molecule has 0 amide bonds. The predicted molar refractivity (Wildman–Crippen MR) is 137 cm³/mol. The van der Waals surface area contributed by atoms with Gasteiger partial charge in [-0.25, -0.2) is 27.5 Å². The van der Waals surface area contributed by atoms with E-state index in [1.165, 1.54) is 16.4 Å². The van der Waals surface area contributed by atoms with E-state index in [1.54, 1.807) is 59.7 Å². The Hall–Kier alpha value is -4.02. The van der Waals surface area contributed by atoms with E-state index in [-0.39, 0.29) is 23.2 Å². The molecule has 1 atom stereocenters. The molecule has 8 nitrogen and oxygen atoms in total. The maximum absolute atomic E-state index is 13.8. The van der Waals surface area contributed by atoms with Gasteiger partial charge in [-0.1, -0.05) is 18.2 Å². The molecule has 4 heterocycles. The zero-order chi connectivity index (χ0) is 25.4. The summed E-state index contributed by atoms with van der Waals surface area (Å²) in [6, 6.07) is 18.6. The van der Waals surface area contributed by atoms with E-state index in [9.17, 15) is 12.8 Å². The van der Waals surface area contributed by atoms with Gasteiger partial charge in [-0.3, -0.25) is 4.98 Å². The van der Waals surface area contributed by atoms with E-state index in [4.69, 9.17) is 5.10 Å². The van der Waals surface area contributed by atoms with Crippen molar-refractivity contribution in [3.8, 4) is 17.2 Å². The molecule has 0 saturated carbocycles. The predicted octanol–water partition coefficient (Wildman–Crippen LogP) is 4.58. The summed E-state index contributed by atoms with van der Waals surface area (Å²) in [5.41, 5.74) is 2.66. The molecule has 1 unspecified atom stereocenters. The molecule has 1 aliphatic rings. The molecule has 2 aromatic carbocycles. The van der Waals surface area contributed by atoms with Crippen LogP contribution >= 0.6 is 0 Å². The standard InChI is InChI=1S/C27H23FN6O2S/c28-22-11-9-19(10-12-22)23-17-24(34(32-23)27-30-14-4-15-31-27)21-7-3-16-33(18-21)37(35,36)25-8-1-5-20-6-2-13-29-26(20)25/h1-2,4-6,8-15,17,21H,3,7,16,18H2. The Morgan fingerprint density at radius 3 is 2.46 bits per heavy atom. The van der Waals surface area contributed by atoms with Gasteiger partial charge in [0.15, 0.2) is 0 Å². The van der Waals surface area contributed by atoms with Crippen molar-refractivity contribution in [3.63, 3.8) is 0 Å². The lowest BCUT2D eigenvalue weighted by Crippen LogP contribution is -2.39. The first-order valence-electron chi connectivity index (χ1n) is 12.0. The Balaban J connectivity index is 1.39. The topological polar surface area (TPSA) is 93.9 Å². The van der Waals surface area contributed by atoms with Crippen LogP contribution in [0.1, 0.15) is 24.5 Å². The zero-order valence-electron chi connectivity index (χ0n) is 19.8. The Bertz CT molecular complexity index is 1670. The summed E-state index contributed by atoms with van der Waals surface area (Å²) in [6.07, 6.45) is 6.35. The summed E-state index contributed by atoms with van der Waals surface area (Å²) in [5, 5.41) is 5.51. The summed E-state index contributed by atoms with van der Waals surface area (Å²) in [4.78, 5) is 13.3. The lowest BCUT2D eigenvalue weighted by atomic mass is 9.95. The number of para-hydroxylation sites is 1. The molecule has 5 aromatic rings. The molecule has 1 saturated heterocycles. The van der Waals surface area contributed by atoms with Crippen LogP contribution in [0.5, 0.6) is 0 Å². The fourth-order valence-electron chi connectivity index (χ4n) is 4.83. The molecule has 10 heteroatoms. The second-order valence-corrected chi connectivity index (χ2v) is 10.9. The van der Waals surface area contributed by atoms with Crippen molar-refractivity contribution in [3.05, 3.63) is 96.8 Å². The van der Waals surface area contributed by atoms with Crippen LogP contribution in [0.15, 0.2) is 90.2 Å². The minimum absolute atomic E-state index is 0.142. The smallest absolute Gasteiger partial charge is 0.250 e. The van der Waals surface area contributed by atoms with Crippen molar-refractivity contribution >= 4 is 20.9 Å². The fraction of sp³-hybridized carbons (Fsp3) is 0.185. The third kappa shape index (κ3) is 4.38. The van der Waals surface area contributed by atoms with Crippen LogP contribution in [-0.2, 0) is 10.0 Å². The first kappa shape index (κ1) is 23.4. The van der Waals surface area contributed by atoms with E-state index < -0.39 is 10.0 Å². The van der Waals surface area contributed by atoms with E-state index in [2.05, 4.69) is 15.0 Å². The number of piperidine rings is 1. The first-order chi connectivity index (χ1) is 18.0. The van der Waals surface area contributed by atoms with Crippen LogP contribution in [0.4, 0.5) is 4.39 Å². The number of benzene rings is 2. The van der Waals surface area contributed by atoms with Gasteiger partial charge in [0.1, 0.15) is 10.7 Å². The summed E-state index contributed by atoms with van der Waals surface area (Å²) in [7, 11) is -3.79. The monoisotopic (exact) mass is 514 g/mol. The molecule has 1 fully saturated rings. The van der Waals surface area contributed by atoms with Gasteiger partial charge in [0, 0.05) is 48.5 Å². The van der Waals surface area contributed by atoms with Crippen LogP contribution in [0, 0.1) is 5.82 Å². The largest absolute Gasteiger partial charge is 0.255 e. The van der Waals surface area contributed by atoms with Gasteiger partial charge in [0.05, 0.1) is 16.9 Å². The van der Waals surface area contributed by atoms with Crippen molar-refractivity contribution in [2.24, 2.45) is 0 Å². The molecule has 1 aliphatic heterocycles. The maximum atomic E-state index is 13.8. The minimum atomic E-state index is -3.79. The van der Waals surface area contributed by atoms with Gasteiger partial charge >= 0.3 is 0 Å².